The van der Waals surface area contributed by atoms with Gasteiger partial charge < -0.3 is 14.3 Å². The first-order chi connectivity index (χ1) is 24.5. The zero-order valence-corrected chi connectivity index (χ0v) is 31.9. The number of H-pyrrole nitrogens is 1. The highest BCUT2D eigenvalue weighted by Crippen LogP contribution is 2.41. The Kier molecular flexibility index (Phi) is 10.4. The molecule has 0 aliphatic carbocycles. The van der Waals surface area contributed by atoms with Crippen molar-refractivity contribution in [1.82, 2.24) is 19.7 Å². The molecule has 2 unspecified atom stereocenters. The minimum atomic E-state index is -3.65. The number of esters is 1. The zero-order chi connectivity index (χ0) is 37.6. The molecule has 9 nitrogen and oxygen atoms in total. The summed E-state index contributed by atoms with van der Waals surface area (Å²) in [5, 5.41) is 5.40. The summed E-state index contributed by atoms with van der Waals surface area (Å²) in [4.78, 5) is 20.0. The monoisotopic (exact) mass is 750 g/mol. The van der Waals surface area contributed by atoms with Gasteiger partial charge in [0.1, 0.15) is 5.82 Å². The van der Waals surface area contributed by atoms with E-state index in [0.29, 0.717) is 41.6 Å². The molecule has 0 saturated heterocycles. The molecule has 1 N–H and O–H groups in total. The Morgan fingerprint density at radius 1 is 1.10 bits per heavy atom. The number of carbonyl (C=O) groups excluding carboxylic acids is 1. The Morgan fingerprint density at radius 2 is 1.87 bits per heavy atom. The van der Waals surface area contributed by atoms with Crippen molar-refractivity contribution >= 4 is 37.9 Å². The normalized spacial score (nSPS) is 21.1. The van der Waals surface area contributed by atoms with Gasteiger partial charge in [-0.25, -0.2) is 26.9 Å². The maximum atomic E-state index is 15.9. The summed E-state index contributed by atoms with van der Waals surface area (Å²) in [6.07, 6.45) is 3.51. The summed E-state index contributed by atoms with van der Waals surface area (Å²) < 4.78 is 79.7. The summed E-state index contributed by atoms with van der Waals surface area (Å²) in [6, 6.07) is 14.8. The van der Waals surface area contributed by atoms with Crippen LogP contribution in [-0.4, -0.2) is 57.3 Å². The largest absolute Gasteiger partial charge is 0.606 e. The number of aryl methyl sites for hydroxylation is 2. The van der Waals surface area contributed by atoms with Crippen LogP contribution in [0.25, 0.3) is 22.3 Å². The molecule has 0 fully saturated rings. The lowest BCUT2D eigenvalue weighted by Crippen LogP contribution is -2.29. The van der Waals surface area contributed by atoms with Gasteiger partial charge in [0.05, 0.1) is 36.0 Å². The molecule has 5 aromatic rings. The van der Waals surface area contributed by atoms with Gasteiger partial charge in [-0.2, -0.15) is 5.10 Å². The highest BCUT2D eigenvalue weighted by Gasteiger charge is 2.37. The number of halogens is 2. The number of nitrogens with zero attached hydrogens (tertiary/aromatic N) is 3. The fraction of sp³-hybridized carbons (Fsp3) is 0.410. The molecule has 3 aromatic carbocycles. The molecule has 13 heteroatoms. The first kappa shape index (κ1) is 37.7. The van der Waals surface area contributed by atoms with E-state index in [4.69, 9.17) is 14.8 Å². The molecule has 6 rings (SSSR count). The van der Waals surface area contributed by atoms with Gasteiger partial charge >= 0.3 is 5.97 Å². The van der Waals surface area contributed by atoms with Crippen molar-refractivity contribution < 1.29 is 31.3 Å². The van der Waals surface area contributed by atoms with E-state index < -0.39 is 43.5 Å². The molecule has 1 aliphatic heterocycles. The van der Waals surface area contributed by atoms with Crippen LogP contribution in [0.15, 0.2) is 70.6 Å². The van der Waals surface area contributed by atoms with E-state index in [1.165, 1.54) is 36.1 Å². The number of carbonyl (C=O) groups is 1. The van der Waals surface area contributed by atoms with Crippen LogP contribution in [0.5, 0.6) is 0 Å². The topological polar surface area (TPSA) is 130 Å². The van der Waals surface area contributed by atoms with E-state index in [0.717, 1.165) is 11.1 Å². The van der Waals surface area contributed by atoms with Crippen LogP contribution in [-0.2, 0) is 49.4 Å². The maximum absolute atomic E-state index is 15.9. The number of rotatable bonds is 4. The van der Waals surface area contributed by atoms with Crippen molar-refractivity contribution in [3.63, 3.8) is 0 Å². The number of sulfone groups is 1. The van der Waals surface area contributed by atoms with Crippen molar-refractivity contribution in [3.8, 4) is 11.4 Å². The van der Waals surface area contributed by atoms with Gasteiger partial charge in [-0.15, -0.1) is 0 Å². The van der Waals surface area contributed by atoms with E-state index in [2.05, 4.69) is 4.98 Å². The molecule has 3 heterocycles. The Morgan fingerprint density at radius 3 is 2.62 bits per heavy atom. The smallest absolute Gasteiger partial charge is 0.306 e. The minimum Gasteiger partial charge on any atom is -0.606 e. The molecule has 276 valence electrons. The summed E-state index contributed by atoms with van der Waals surface area (Å²) >= 11 is -2.14. The van der Waals surface area contributed by atoms with Crippen molar-refractivity contribution in [3.05, 3.63) is 94.9 Å². The van der Waals surface area contributed by atoms with Crippen molar-refractivity contribution in [2.75, 3.05) is 18.6 Å². The highest BCUT2D eigenvalue weighted by molar-refractivity contribution is 7.92. The minimum absolute atomic E-state index is 0.0457. The summed E-state index contributed by atoms with van der Waals surface area (Å²) in [5.41, 5.74) is 1.24. The van der Waals surface area contributed by atoms with Gasteiger partial charge in [-0.1, -0.05) is 51.5 Å². The van der Waals surface area contributed by atoms with Gasteiger partial charge in [0, 0.05) is 53.0 Å². The van der Waals surface area contributed by atoms with Gasteiger partial charge in [0.2, 0.25) is 0 Å². The fourth-order valence-corrected chi connectivity index (χ4v) is 10.7. The maximum Gasteiger partial charge on any atom is 0.306 e. The Balaban J connectivity index is 1.52. The summed E-state index contributed by atoms with van der Waals surface area (Å²) in [7, 11) is -0.623. The van der Waals surface area contributed by atoms with Gasteiger partial charge in [-0.05, 0) is 66.8 Å². The molecule has 2 aromatic heterocycles. The number of benzene rings is 3. The predicted molar refractivity (Wildman–Crippen MR) is 197 cm³/mol. The zero-order valence-electron chi connectivity index (χ0n) is 30.3. The van der Waals surface area contributed by atoms with Crippen LogP contribution in [0.1, 0.15) is 81.8 Å². The third-order valence-corrected chi connectivity index (χ3v) is 13.8. The van der Waals surface area contributed by atoms with Gasteiger partial charge in [0.25, 0.3) is 0 Å². The van der Waals surface area contributed by atoms with Gasteiger partial charge in [0.15, 0.2) is 37.1 Å². The number of hydrogen-bond donors (Lipinski definition) is 1. The Bertz CT molecular complexity index is 2250. The average molecular weight is 751 g/mol. The van der Waals surface area contributed by atoms with Crippen LogP contribution in [0.2, 0.25) is 0 Å². The van der Waals surface area contributed by atoms with E-state index in [-0.39, 0.29) is 57.4 Å². The molecular weight excluding hydrogens is 707 g/mol. The Labute approximate surface area is 306 Å². The highest BCUT2D eigenvalue weighted by atomic mass is 32.2. The van der Waals surface area contributed by atoms with Crippen LogP contribution in [0, 0.1) is 17.0 Å². The second-order valence-corrected chi connectivity index (χ2v) is 18.5. The Hall–Kier alpha value is -4.07. The first-order valence-corrected chi connectivity index (χ1v) is 20.3. The van der Waals surface area contributed by atoms with Crippen molar-refractivity contribution in [2.45, 2.75) is 80.9 Å². The second-order valence-electron chi connectivity index (χ2n) is 14.9. The average Bonchev–Trinajstić information content (AvgIpc) is 3.72. The van der Waals surface area contributed by atoms with Crippen LogP contribution < -0.4 is 0 Å². The van der Waals surface area contributed by atoms with Crippen LogP contribution in [0.3, 0.4) is 0 Å². The molecule has 0 spiro atoms. The lowest BCUT2D eigenvalue weighted by molar-refractivity contribution is -0.140. The number of hydrogen-bond acceptors (Lipinski definition) is 7. The fourth-order valence-electron chi connectivity index (χ4n) is 7.38. The third kappa shape index (κ3) is 7.53. The van der Waals surface area contributed by atoms with Gasteiger partial charge in [-0.3, -0.25) is 4.79 Å². The second kappa shape index (κ2) is 14.4. The number of fused-ring (bicyclic) bond motifs is 8. The van der Waals surface area contributed by atoms with E-state index in [9.17, 15) is 17.8 Å². The number of methoxy groups -OCH3 is 1. The third-order valence-electron chi connectivity index (χ3n) is 10.3. The number of nitrogens with one attached hydrogen (secondary N) is 1. The molecule has 0 radical (unpaired) electrons. The molecule has 3 atom stereocenters. The molecule has 1 aliphatic rings. The number of aromatic nitrogens is 4. The predicted octanol–water partition coefficient (Wildman–Crippen LogP) is 7.55. The van der Waals surface area contributed by atoms with E-state index >= 15 is 8.78 Å². The van der Waals surface area contributed by atoms with Crippen molar-refractivity contribution in [1.29, 1.82) is 0 Å². The number of ether oxygens (including phenoxy) is 1. The first-order valence-electron chi connectivity index (χ1n) is 17.3. The van der Waals surface area contributed by atoms with Crippen LogP contribution >= 0.6 is 0 Å². The summed E-state index contributed by atoms with van der Waals surface area (Å²) in [6.45, 7) is 7.82. The molecule has 0 amide bonds. The molecule has 4 bridgehead atoms. The lowest BCUT2D eigenvalue weighted by Gasteiger charge is -2.31. The molecule has 52 heavy (non-hydrogen) atoms. The summed E-state index contributed by atoms with van der Waals surface area (Å²) in [5.74, 6) is -1.53. The van der Waals surface area contributed by atoms with Crippen molar-refractivity contribution in [2.24, 2.45) is 12.5 Å². The molecule has 0 saturated carbocycles. The number of aromatic amines is 1. The van der Waals surface area contributed by atoms with Crippen LogP contribution in [0.4, 0.5) is 8.78 Å². The lowest BCUT2D eigenvalue weighted by atomic mass is 9.74. The van der Waals surface area contributed by atoms with E-state index in [1.54, 1.807) is 19.3 Å². The standard InChI is InChI=1S/C39H44F2N4O5S2/c1-24(19-34(46)50-6)25-9-7-10-26(20-25)39(4)16-8-15-38(2,3)23-52(48,49)18-14-29-28-13-17-42-33(28)22-32(41)35(29)51(47)27-11-12-31(40)30(21-27)36-43-37(39)44-45(36)5/h7,9-13,17,20-22,24,42H,8,14-16,18-19,23H2,1-6H3/t24?,39-,51?/m1/s1. The quantitative estimate of drug-likeness (QED) is 0.148. The SMILES string of the molecule is COC(=O)CC(C)c1cccc([C@@]2(C)CCCC(C)(C)CS(=O)(=O)CCc3c(c(F)cc4[nH]ccc34)[S+]([O-])c3ccc(F)c(c3)-c3nc2nn3C)c1. The molecular formula is C39H44F2N4O5S2. The van der Waals surface area contributed by atoms with E-state index in [1.807, 2.05) is 52.0 Å².